The molecule has 0 aromatic heterocycles. The van der Waals surface area contributed by atoms with Crippen molar-refractivity contribution in [1.29, 1.82) is 0 Å². The highest BCUT2D eigenvalue weighted by molar-refractivity contribution is 9.10. The Kier molecular flexibility index (Phi) is 6.67. The topological polar surface area (TPSA) is 55.4 Å². The van der Waals surface area contributed by atoms with Gasteiger partial charge in [0.2, 0.25) is 0 Å². The fourth-order valence-electron chi connectivity index (χ4n) is 1.72. The zero-order valence-electron chi connectivity index (χ0n) is 12.5. The summed E-state index contributed by atoms with van der Waals surface area (Å²) in [6.07, 6.45) is -0.840. The first-order chi connectivity index (χ1) is 11.0. The van der Waals surface area contributed by atoms with Crippen molar-refractivity contribution < 1.29 is 14.3 Å². The lowest BCUT2D eigenvalue weighted by atomic mass is 10.3. The number of amides is 1. The number of esters is 1. The van der Waals surface area contributed by atoms with Crippen LogP contribution in [0.4, 0.5) is 5.69 Å². The van der Waals surface area contributed by atoms with Crippen molar-refractivity contribution in [2.24, 2.45) is 0 Å². The van der Waals surface area contributed by atoms with Crippen LogP contribution in [0.15, 0.2) is 64.0 Å². The van der Waals surface area contributed by atoms with Crippen molar-refractivity contribution in [3.8, 4) is 0 Å². The molecular formula is C17H16BrNO3S. The van der Waals surface area contributed by atoms with Gasteiger partial charge in [-0.3, -0.25) is 9.59 Å². The van der Waals surface area contributed by atoms with E-state index in [-0.39, 0.29) is 11.7 Å². The van der Waals surface area contributed by atoms with Crippen LogP contribution >= 0.6 is 27.7 Å². The van der Waals surface area contributed by atoms with E-state index in [2.05, 4.69) is 21.2 Å². The lowest BCUT2D eigenvalue weighted by Gasteiger charge is -2.13. The summed E-state index contributed by atoms with van der Waals surface area (Å²) in [7, 11) is 0. The number of anilines is 1. The normalized spacial score (nSPS) is 11.6. The van der Waals surface area contributed by atoms with Crippen molar-refractivity contribution in [1.82, 2.24) is 0 Å². The summed E-state index contributed by atoms with van der Waals surface area (Å²) in [4.78, 5) is 24.7. The Morgan fingerprint density at radius 3 is 2.43 bits per heavy atom. The second-order valence-corrected chi connectivity index (χ2v) is 6.69. The Bertz CT molecular complexity index is 661. The third kappa shape index (κ3) is 6.08. The van der Waals surface area contributed by atoms with E-state index >= 15 is 0 Å². The molecule has 0 heterocycles. The Balaban J connectivity index is 1.77. The van der Waals surface area contributed by atoms with E-state index in [4.69, 9.17) is 4.74 Å². The number of nitrogens with one attached hydrogen (secondary N) is 1. The summed E-state index contributed by atoms with van der Waals surface area (Å²) < 4.78 is 6.13. The van der Waals surface area contributed by atoms with Gasteiger partial charge in [-0.05, 0) is 43.3 Å². The zero-order valence-corrected chi connectivity index (χ0v) is 14.9. The zero-order chi connectivity index (χ0) is 16.7. The second kappa shape index (κ2) is 8.74. The first-order valence-corrected chi connectivity index (χ1v) is 8.76. The van der Waals surface area contributed by atoms with Gasteiger partial charge >= 0.3 is 5.97 Å². The first-order valence-electron chi connectivity index (χ1n) is 6.98. The van der Waals surface area contributed by atoms with Gasteiger partial charge in [0.25, 0.3) is 5.91 Å². The van der Waals surface area contributed by atoms with E-state index in [9.17, 15) is 9.59 Å². The molecule has 6 heteroatoms. The van der Waals surface area contributed by atoms with Gasteiger partial charge < -0.3 is 10.1 Å². The third-order valence-corrected chi connectivity index (χ3v) is 4.40. The van der Waals surface area contributed by atoms with Crippen molar-refractivity contribution in [2.75, 3.05) is 11.1 Å². The van der Waals surface area contributed by atoms with Crippen molar-refractivity contribution >= 4 is 45.3 Å². The molecule has 0 aliphatic rings. The molecule has 4 nitrogen and oxygen atoms in total. The molecule has 0 saturated heterocycles. The van der Waals surface area contributed by atoms with E-state index in [1.165, 1.54) is 11.8 Å². The van der Waals surface area contributed by atoms with Crippen LogP contribution in [-0.2, 0) is 14.3 Å². The summed E-state index contributed by atoms with van der Waals surface area (Å²) in [6.45, 7) is 1.56. The molecule has 0 bridgehead atoms. The Hall–Kier alpha value is -1.79. The molecule has 0 saturated carbocycles. The van der Waals surface area contributed by atoms with E-state index < -0.39 is 12.1 Å². The predicted octanol–water partition coefficient (Wildman–Crippen LogP) is 4.11. The number of thioether (sulfide) groups is 1. The fraction of sp³-hybridized carbons (Fsp3) is 0.176. The van der Waals surface area contributed by atoms with E-state index in [1.807, 2.05) is 42.5 Å². The van der Waals surface area contributed by atoms with E-state index in [1.54, 1.807) is 19.1 Å². The maximum Gasteiger partial charge on any atom is 0.317 e. The molecular weight excluding hydrogens is 378 g/mol. The van der Waals surface area contributed by atoms with Gasteiger partial charge in [0.05, 0.1) is 5.75 Å². The fourth-order valence-corrected chi connectivity index (χ4v) is 2.67. The SMILES string of the molecule is C[C@H](OC(=O)CSc1ccc(Br)cc1)C(=O)Nc1ccccc1. The molecule has 1 amide bonds. The molecule has 1 atom stereocenters. The number of rotatable bonds is 6. The van der Waals surface area contributed by atoms with E-state index in [0.29, 0.717) is 5.69 Å². The number of hydrogen-bond acceptors (Lipinski definition) is 4. The van der Waals surface area contributed by atoms with Crippen LogP contribution in [0.2, 0.25) is 0 Å². The Labute approximate surface area is 147 Å². The molecule has 2 aromatic rings. The van der Waals surface area contributed by atoms with Crippen molar-refractivity contribution in [2.45, 2.75) is 17.9 Å². The van der Waals surface area contributed by atoms with Crippen molar-refractivity contribution in [3.05, 3.63) is 59.1 Å². The summed E-state index contributed by atoms with van der Waals surface area (Å²) in [5, 5.41) is 2.70. The predicted molar refractivity (Wildman–Crippen MR) is 95.5 cm³/mol. The van der Waals surface area contributed by atoms with Crippen LogP contribution in [0.5, 0.6) is 0 Å². The lowest BCUT2D eigenvalue weighted by Crippen LogP contribution is -2.30. The molecule has 1 N–H and O–H groups in total. The Morgan fingerprint density at radius 2 is 1.78 bits per heavy atom. The van der Waals surface area contributed by atoms with Gasteiger partial charge in [-0.2, -0.15) is 0 Å². The summed E-state index contributed by atoms with van der Waals surface area (Å²) in [5.74, 6) is -0.614. The number of carbonyl (C=O) groups excluding carboxylic acids is 2. The van der Waals surface area contributed by atoms with Gasteiger partial charge in [-0.25, -0.2) is 0 Å². The van der Waals surface area contributed by atoms with E-state index in [0.717, 1.165) is 9.37 Å². The number of halogens is 1. The van der Waals surface area contributed by atoms with Gasteiger partial charge in [0.15, 0.2) is 6.10 Å². The van der Waals surface area contributed by atoms with Gasteiger partial charge in [-0.1, -0.05) is 34.1 Å². The van der Waals surface area contributed by atoms with Gasteiger partial charge in [0.1, 0.15) is 0 Å². The molecule has 0 radical (unpaired) electrons. The molecule has 0 aliphatic heterocycles. The molecule has 2 rings (SSSR count). The Morgan fingerprint density at radius 1 is 1.13 bits per heavy atom. The molecule has 0 unspecified atom stereocenters. The van der Waals surface area contributed by atoms with Crippen LogP contribution in [0.25, 0.3) is 0 Å². The molecule has 0 fully saturated rings. The number of hydrogen-bond donors (Lipinski definition) is 1. The largest absolute Gasteiger partial charge is 0.452 e. The maximum absolute atomic E-state index is 12.0. The number of carbonyl (C=O) groups is 2. The highest BCUT2D eigenvalue weighted by Gasteiger charge is 2.17. The molecule has 2 aromatic carbocycles. The second-order valence-electron chi connectivity index (χ2n) is 4.73. The number of ether oxygens (including phenoxy) is 1. The summed E-state index contributed by atoms with van der Waals surface area (Å²) >= 11 is 4.72. The monoisotopic (exact) mass is 393 g/mol. The average Bonchev–Trinajstić information content (AvgIpc) is 2.55. The standard InChI is InChI=1S/C17H16BrNO3S/c1-12(17(21)19-14-5-3-2-4-6-14)22-16(20)11-23-15-9-7-13(18)8-10-15/h2-10,12H,11H2,1H3,(H,19,21)/t12-/m0/s1. The summed E-state index contributed by atoms with van der Waals surface area (Å²) in [5.41, 5.74) is 0.671. The maximum atomic E-state index is 12.0. The highest BCUT2D eigenvalue weighted by Crippen LogP contribution is 2.20. The lowest BCUT2D eigenvalue weighted by molar-refractivity contribution is -0.150. The van der Waals surface area contributed by atoms with Gasteiger partial charge in [0, 0.05) is 15.1 Å². The minimum Gasteiger partial charge on any atom is -0.452 e. The molecule has 120 valence electrons. The molecule has 0 spiro atoms. The number of para-hydroxylation sites is 1. The van der Waals surface area contributed by atoms with Gasteiger partial charge in [-0.15, -0.1) is 11.8 Å². The molecule has 0 aliphatic carbocycles. The minimum absolute atomic E-state index is 0.157. The number of benzene rings is 2. The van der Waals surface area contributed by atoms with Crippen LogP contribution in [0.1, 0.15) is 6.92 Å². The van der Waals surface area contributed by atoms with Crippen LogP contribution in [-0.4, -0.2) is 23.7 Å². The van der Waals surface area contributed by atoms with Crippen LogP contribution in [0, 0.1) is 0 Å². The third-order valence-electron chi connectivity index (χ3n) is 2.89. The first kappa shape index (κ1) is 17.6. The quantitative estimate of drug-likeness (QED) is 0.592. The minimum atomic E-state index is -0.840. The van der Waals surface area contributed by atoms with Crippen LogP contribution < -0.4 is 5.32 Å². The summed E-state index contributed by atoms with van der Waals surface area (Å²) in [6, 6.07) is 16.7. The highest BCUT2D eigenvalue weighted by atomic mass is 79.9. The molecule has 23 heavy (non-hydrogen) atoms. The van der Waals surface area contributed by atoms with Crippen molar-refractivity contribution in [3.63, 3.8) is 0 Å². The van der Waals surface area contributed by atoms with Crippen LogP contribution in [0.3, 0.4) is 0 Å². The average molecular weight is 394 g/mol. The smallest absolute Gasteiger partial charge is 0.317 e.